The number of halogens is 1. The first-order valence-corrected chi connectivity index (χ1v) is 7.19. The number of benzene rings is 1. The molecule has 0 spiro atoms. The molecule has 20 heavy (non-hydrogen) atoms. The molecule has 2 N–H and O–H groups in total. The number of ether oxygens (including phenoxy) is 1. The second kappa shape index (κ2) is 8.00. The first-order chi connectivity index (χ1) is 9.43. The van der Waals surface area contributed by atoms with Crippen molar-refractivity contribution in [2.75, 3.05) is 19.0 Å². The maximum absolute atomic E-state index is 12.0. The van der Waals surface area contributed by atoms with Gasteiger partial charge in [0, 0.05) is 11.6 Å². The Morgan fingerprint density at radius 3 is 2.65 bits per heavy atom. The molecule has 1 aromatic carbocycles. The van der Waals surface area contributed by atoms with Crippen molar-refractivity contribution in [3.05, 3.63) is 23.2 Å². The first kappa shape index (κ1) is 16.6. The fourth-order valence-corrected chi connectivity index (χ4v) is 1.90. The van der Waals surface area contributed by atoms with E-state index in [1.165, 1.54) is 0 Å². The summed E-state index contributed by atoms with van der Waals surface area (Å²) in [6.45, 7) is 6.76. The molecule has 0 aliphatic carbocycles. The molecule has 1 aromatic rings. The third kappa shape index (κ3) is 5.29. The summed E-state index contributed by atoms with van der Waals surface area (Å²) in [7, 11) is 1.59. The highest BCUT2D eigenvalue weighted by Crippen LogP contribution is 2.28. The van der Waals surface area contributed by atoms with Crippen LogP contribution in [0.15, 0.2) is 18.2 Å². The SMILES string of the molecule is COc1ccc(Cl)cc1NC(C)C(=O)NCCC(C)C. The molecular weight excluding hydrogens is 276 g/mol. The minimum atomic E-state index is -0.352. The van der Waals surface area contributed by atoms with Crippen LogP contribution in [0, 0.1) is 5.92 Å². The number of nitrogens with one attached hydrogen (secondary N) is 2. The molecule has 1 rings (SSSR count). The molecule has 0 aliphatic heterocycles. The monoisotopic (exact) mass is 298 g/mol. The Hall–Kier alpha value is -1.42. The van der Waals surface area contributed by atoms with Crippen molar-refractivity contribution in [1.82, 2.24) is 5.32 Å². The fraction of sp³-hybridized carbons (Fsp3) is 0.533. The van der Waals surface area contributed by atoms with Crippen molar-refractivity contribution in [1.29, 1.82) is 0 Å². The summed E-state index contributed by atoms with van der Waals surface area (Å²) in [5, 5.41) is 6.63. The van der Waals surface area contributed by atoms with E-state index in [1.807, 2.05) is 6.92 Å². The molecule has 0 saturated heterocycles. The Bertz CT molecular complexity index is 449. The van der Waals surface area contributed by atoms with Gasteiger partial charge in [0.1, 0.15) is 11.8 Å². The van der Waals surface area contributed by atoms with Crippen molar-refractivity contribution < 1.29 is 9.53 Å². The predicted octanol–water partition coefficient (Wildman–Crippen LogP) is 3.31. The van der Waals surface area contributed by atoms with Gasteiger partial charge >= 0.3 is 0 Å². The summed E-state index contributed by atoms with van der Waals surface area (Å²) < 4.78 is 5.24. The van der Waals surface area contributed by atoms with Crippen molar-refractivity contribution >= 4 is 23.2 Å². The van der Waals surface area contributed by atoms with E-state index in [4.69, 9.17) is 16.3 Å². The molecule has 112 valence electrons. The van der Waals surface area contributed by atoms with Gasteiger partial charge in [-0.05, 0) is 37.5 Å². The second-order valence-electron chi connectivity index (χ2n) is 5.18. The highest BCUT2D eigenvalue weighted by molar-refractivity contribution is 6.30. The largest absolute Gasteiger partial charge is 0.495 e. The van der Waals surface area contributed by atoms with Crippen LogP contribution in [-0.2, 0) is 4.79 Å². The van der Waals surface area contributed by atoms with Crippen LogP contribution in [0.2, 0.25) is 5.02 Å². The Morgan fingerprint density at radius 2 is 2.05 bits per heavy atom. The van der Waals surface area contributed by atoms with E-state index in [0.717, 1.165) is 6.42 Å². The number of anilines is 1. The molecular formula is C15H23ClN2O2. The minimum absolute atomic E-state index is 0.0346. The Balaban J connectivity index is 2.58. The molecule has 1 unspecified atom stereocenters. The number of amides is 1. The lowest BCUT2D eigenvalue weighted by Crippen LogP contribution is -2.38. The summed E-state index contributed by atoms with van der Waals surface area (Å²) in [5.74, 6) is 1.20. The molecule has 4 nitrogen and oxygen atoms in total. The molecule has 0 bridgehead atoms. The summed E-state index contributed by atoms with van der Waals surface area (Å²) in [6.07, 6.45) is 0.971. The van der Waals surface area contributed by atoms with E-state index in [0.29, 0.717) is 28.9 Å². The molecule has 0 aliphatic rings. The van der Waals surface area contributed by atoms with Gasteiger partial charge in [-0.2, -0.15) is 0 Å². The number of hydrogen-bond acceptors (Lipinski definition) is 3. The van der Waals surface area contributed by atoms with Crippen molar-refractivity contribution in [3.63, 3.8) is 0 Å². The summed E-state index contributed by atoms with van der Waals surface area (Å²) in [4.78, 5) is 12.0. The van der Waals surface area contributed by atoms with E-state index < -0.39 is 0 Å². The van der Waals surface area contributed by atoms with Crippen LogP contribution in [-0.4, -0.2) is 25.6 Å². The van der Waals surface area contributed by atoms with Gasteiger partial charge in [0.25, 0.3) is 0 Å². The lowest BCUT2D eigenvalue weighted by atomic mass is 10.1. The molecule has 1 atom stereocenters. The fourth-order valence-electron chi connectivity index (χ4n) is 1.73. The van der Waals surface area contributed by atoms with E-state index in [9.17, 15) is 4.79 Å². The highest BCUT2D eigenvalue weighted by Gasteiger charge is 2.14. The zero-order chi connectivity index (χ0) is 15.1. The van der Waals surface area contributed by atoms with Gasteiger partial charge in [-0.3, -0.25) is 4.79 Å². The lowest BCUT2D eigenvalue weighted by Gasteiger charge is -2.18. The topological polar surface area (TPSA) is 50.4 Å². The van der Waals surface area contributed by atoms with E-state index in [-0.39, 0.29) is 11.9 Å². The zero-order valence-electron chi connectivity index (χ0n) is 12.5. The smallest absolute Gasteiger partial charge is 0.242 e. The van der Waals surface area contributed by atoms with Crippen LogP contribution in [0.1, 0.15) is 27.2 Å². The van der Waals surface area contributed by atoms with E-state index in [2.05, 4.69) is 24.5 Å². The number of carbonyl (C=O) groups is 1. The predicted molar refractivity (Wildman–Crippen MR) is 83.6 cm³/mol. The quantitative estimate of drug-likeness (QED) is 0.812. The maximum Gasteiger partial charge on any atom is 0.242 e. The standard InChI is InChI=1S/C15H23ClN2O2/c1-10(2)7-8-17-15(19)11(3)18-13-9-12(16)5-6-14(13)20-4/h5-6,9-11,18H,7-8H2,1-4H3,(H,17,19). The molecule has 0 fully saturated rings. The molecule has 0 heterocycles. The van der Waals surface area contributed by atoms with Crippen molar-refractivity contribution in [3.8, 4) is 5.75 Å². The average Bonchev–Trinajstić information content (AvgIpc) is 2.38. The van der Waals surface area contributed by atoms with Crippen LogP contribution < -0.4 is 15.4 Å². The van der Waals surface area contributed by atoms with Crippen molar-refractivity contribution in [2.45, 2.75) is 33.2 Å². The normalized spacial score (nSPS) is 12.1. The second-order valence-corrected chi connectivity index (χ2v) is 5.62. The van der Waals surface area contributed by atoms with Gasteiger partial charge in [-0.1, -0.05) is 25.4 Å². The maximum atomic E-state index is 12.0. The first-order valence-electron chi connectivity index (χ1n) is 6.81. The Morgan fingerprint density at radius 1 is 1.35 bits per heavy atom. The van der Waals surface area contributed by atoms with Gasteiger partial charge < -0.3 is 15.4 Å². The van der Waals surface area contributed by atoms with Crippen LogP contribution in [0.25, 0.3) is 0 Å². The number of carbonyl (C=O) groups excluding carboxylic acids is 1. The third-order valence-corrected chi connectivity index (χ3v) is 3.18. The number of rotatable bonds is 7. The summed E-state index contributed by atoms with van der Waals surface area (Å²) in [5.41, 5.74) is 0.714. The van der Waals surface area contributed by atoms with Crippen LogP contribution in [0.4, 0.5) is 5.69 Å². The van der Waals surface area contributed by atoms with Gasteiger partial charge in [-0.25, -0.2) is 0 Å². The Kier molecular flexibility index (Phi) is 6.65. The molecule has 0 saturated carbocycles. The number of methoxy groups -OCH3 is 1. The number of hydrogen-bond donors (Lipinski definition) is 2. The summed E-state index contributed by atoms with van der Waals surface area (Å²) in [6, 6.07) is 4.92. The molecule has 1 amide bonds. The third-order valence-electron chi connectivity index (χ3n) is 2.95. The highest BCUT2D eigenvalue weighted by atomic mass is 35.5. The van der Waals surface area contributed by atoms with Crippen LogP contribution in [0.5, 0.6) is 5.75 Å². The molecule has 5 heteroatoms. The van der Waals surface area contributed by atoms with Crippen LogP contribution in [0.3, 0.4) is 0 Å². The van der Waals surface area contributed by atoms with E-state index in [1.54, 1.807) is 25.3 Å². The van der Waals surface area contributed by atoms with Gasteiger partial charge in [0.05, 0.1) is 12.8 Å². The van der Waals surface area contributed by atoms with E-state index >= 15 is 0 Å². The van der Waals surface area contributed by atoms with Gasteiger partial charge in [0.15, 0.2) is 0 Å². The zero-order valence-corrected chi connectivity index (χ0v) is 13.3. The Labute approximate surface area is 125 Å². The minimum Gasteiger partial charge on any atom is -0.495 e. The van der Waals surface area contributed by atoms with Gasteiger partial charge in [0.2, 0.25) is 5.91 Å². The van der Waals surface area contributed by atoms with Crippen molar-refractivity contribution in [2.24, 2.45) is 5.92 Å². The molecule has 0 radical (unpaired) electrons. The summed E-state index contributed by atoms with van der Waals surface area (Å²) >= 11 is 5.96. The lowest BCUT2D eigenvalue weighted by molar-refractivity contribution is -0.121. The van der Waals surface area contributed by atoms with Gasteiger partial charge in [-0.15, -0.1) is 0 Å². The molecule has 0 aromatic heterocycles. The average molecular weight is 299 g/mol. The van der Waals surface area contributed by atoms with Crippen LogP contribution >= 0.6 is 11.6 Å².